The predicted molar refractivity (Wildman–Crippen MR) is 62.4 cm³/mol. The Balaban J connectivity index is 2.61. The summed E-state index contributed by atoms with van der Waals surface area (Å²) in [6.07, 6.45) is 1.68. The number of hydrogen-bond acceptors (Lipinski definition) is 1. The van der Waals surface area contributed by atoms with E-state index in [2.05, 4.69) is 20.9 Å². The van der Waals surface area contributed by atoms with Gasteiger partial charge in [-0.15, -0.1) is 0 Å². The third-order valence-corrected chi connectivity index (χ3v) is 2.92. The van der Waals surface area contributed by atoms with Gasteiger partial charge in [-0.25, -0.2) is 4.98 Å². The van der Waals surface area contributed by atoms with Crippen molar-refractivity contribution in [2.75, 3.05) is 0 Å². The van der Waals surface area contributed by atoms with Crippen LogP contribution in [0.15, 0.2) is 47.1 Å². The minimum atomic E-state index is 0.527. The van der Waals surface area contributed by atoms with E-state index in [1.807, 2.05) is 36.4 Å². The van der Waals surface area contributed by atoms with Gasteiger partial charge in [0.25, 0.3) is 0 Å². The number of hydrogen-bond donors (Lipinski definition) is 0. The van der Waals surface area contributed by atoms with Gasteiger partial charge in [0.2, 0.25) is 0 Å². The molecule has 1 nitrogen and oxygen atoms in total. The fraction of sp³-hybridized carbons (Fsp3) is 0. The molecule has 14 heavy (non-hydrogen) atoms. The number of benzene rings is 1. The molecule has 0 N–H and O–H groups in total. The van der Waals surface area contributed by atoms with Crippen LogP contribution in [0, 0.1) is 0 Å². The van der Waals surface area contributed by atoms with Gasteiger partial charge in [0.15, 0.2) is 0 Å². The van der Waals surface area contributed by atoms with Gasteiger partial charge in [-0.3, -0.25) is 0 Å². The summed E-state index contributed by atoms with van der Waals surface area (Å²) in [6.45, 7) is 0. The first-order chi connectivity index (χ1) is 6.79. The molecule has 0 bridgehead atoms. The third-order valence-electron chi connectivity index (χ3n) is 1.92. The number of rotatable bonds is 1. The second-order valence-corrected chi connectivity index (χ2v) is 4.03. The van der Waals surface area contributed by atoms with Crippen molar-refractivity contribution in [3.8, 4) is 11.1 Å². The van der Waals surface area contributed by atoms with E-state index in [4.69, 9.17) is 11.6 Å². The van der Waals surface area contributed by atoms with Crippen molar-refractivity contribution in [2.24, 2.45) is 0 Å². The molecular weight excluding hydrogens is 261 g/mol. The van der Waals surface area contributed by atoms with Crippen molar-refractivity contribution >= 4 is 27.5 Å². The zero-order valence-corrected chi connectivity index (χ0v) is 9.59. The summed E-state index contributed by atoms with van der Waals surface area (Å²) in [5.74, 6) is 0. The molecule has 0 atom stereocenters. The fourth-order valence-corrected chi connectivity index (χ4v) is 1.99. The largest absolute Gasteiger partial charge is 0.244 e. The molecule has 1 aromatic heterocycles. The molecule has 0 spiro atoms. The highest BCUT2D eigenvalue weighted by Gasteiger charge is 2.05. The van der Waals surface area contributed by atoms with Crippen LogP contribution in [0.1, 0.15) is 0 Å². The smallest absolute Gasteiger partial charge is 0.136 e. The van der Waals surface area contributed by atoms with Crippen LogP contribution in [0.2, 0.25) is 5.15 Å². The monoisotopic (exact) mass is 267 g/mol. The molecule has 0 aliphatic rings. The minimum absolute atomic E-state index is 0.527. The van der Waals surface area contributed by atoms with Crippen LogP contribution in [-0.4, -0.2) is 4.98 Å². The highest BCUT2D eigenvalue weighted by molar-refractivity contribution is 9.10. The maximum absolute atomic E-state index is 6.00. The van der Waals surface area contributed by atoms with E-state index in [9.17, 15) is 0 Å². The number of aromatic nitrogens is 1. The lowest BCUT2D eigenvalue weighted by Gasteiger charge is -2.04. The molecule has 70 valence electrons. The first-order valence-corrected chi connectivity index (χ1v) is 5.31. The second kappa shape index (κ2) is 4.11. The van der Waals surface area contributed by atoms with Crippen LogP contribution < -0.4 is 0 Å². The number of pyridine rings is 1. The quantitative estimate of drug-likeness (QED) is 0.708. The predicted octanol–water partition coefficient (Wildman–Crippen LogP) is 4.16. The zero-order chi connectivity index (χ0) is 9.97. The molecule has 0 radical (unpaired) electrons. The van der Waals surface area contributed by atoms with Crippen LogP contribution >= 0.6 is 27.5 Å². The van der Waals surface area contributed by atoms with Crippen LogP contribution in [0.5, 0.6) is 0 Å². The van der Waals surface area contributed by atoms with Gasteiger partial charge in [-0.05, 0) is 23.8 Å². The summed E-state index contributed by atoms with van der Waals surface area (Å²) >= 11 is 9.48. The van der Waals surface area contributed by atoms with E-state index in [0.717, 1.165) is 15.6 Å². The lowest BCUT2D eigenvalue weighted by atomic mass is 10.1. The first-order valence-electron chi connectivity index (χ1n) is 4.14. The minimum Gasteiger partial charge on any atom is -0.244 e. The number of halogens is 2. The molecule has 0 amide bonds. The van der Waals surface area contributed by atoms with E-state index in [1.165, 1.54) is 0 Å². The fourth-order valence-electron chi connectivity index (χ4n) is 1.27. The molecule has 0 unspecified atom stereocenters. The summed E-state index contributed by atoms with van der Waals surface area (Å²) in [4.78, 5) is 4.04. The van der Waals surface area contributed by atoms with E-state index >= 15 is 0 Å². The lowest BCUT2D eigenvalue weighted by Crippen LogP contribution is -1.83. The van der Waals surface area contributed by atoms with Gasteiger partial charge in [0, 0.05) is 16.2 Å². The Morgan fingerprint density at radius 2 is 1.71 bits per heavy atom. The first kappa shape index (κ1) is 9.69. The second-order valence-electron chi connectivity index (χ2n) is 2.82. The van der Waals surface area contributed by atoms with E-state index in [0.29, 0.717) is 5.15 Å². The zero-order valence-electron chi connectivity index (χ0n) is 7.24. The maximum atomic E-state index is 6.00. The van der Waals surface area contributed by atoms with Crippen LogP contribution in [0.4, 0.5) is 0 Å². The van der Waals surface area contributed by atoms with Gasteiger partial charge in [0.1, 0.15) is 5.15 Å². The summed E-state index contributed by atoms with van der Waals surface area (Å²) in [5.41, 5.74) is 2.01. The lowest BCUT2D eigenvalue weighted by molar-refractivity contribution is 1.33. The maximum Gasteiger partial charge on any atom is 0.136 e. The SMILES string of the molecule is Clc1ncccc1-c1ccccc1Br. The van der Waals surface area contributed by atoms with E-state index in [-0.39, 0.29) is 0 Å². The molecule has 3 heteroatoms. The van der Waals surface area contributed by atoms with E-state index in [1.54, 1.807) is 6.20 Å². The molecule has 0 fully saturated rings. The Morgan fingerprint density at radius 3 is 2.43 bits per heavy atom. The van der Waals surface area contributed by atoms with Crippen LogP contribution in [-0.2, 0) is 0 Å². The Bertz CT molecular complexity index is 413. The Morgan fingerprint density at radius 1 is 1.00 bits per heavy atom. The van der Waals surface area contributed by atoms with E-state index < -0.39 is 0 Å². The highest BCUT2D eigenvalue weighted by Crippen LogP contribution is 2.31. The Kier molecular flexibility index (Phi) is 2.85. The topological polar surface area (TPSA) is 12.9 Å². The average Bonchev–Trinajstić information content (AvgIpc) is 2.20. The normalized spacial score (nSPS) is 10.1. The molecule has 0 aliphatic carbocycles. The molecule has 0 saturated heterocycles. The summed E-state index contributed by atoms with van der Waals surface area (Å²) < 4.78 is 1.02. The summed E-state index contributed by atoms with van der Waals surface area (Å²) in [7, 11) is 0. The Hall–Kier alpha value is -0.860. The molecular formula is C11H7BrClN. The van der Waals surface area contributed by atoms with Crippen molar-refractivity contribution in [3.63, 3.8) is 0 Å². The van der Waals surface area contributed by atoms with Gasteiger partial charge < -0.3 is 0 Å². The summed E-state index contributed by atoms with van der Waals surface area (Å²) in [5, 5.41) is 0.527. The van der Waals surface area contributed by atoms with Crippen molar-refractivity contribution in [2.45, 2.75) is 0 Å². The third kappa shape index (κ3) is 1.81. The molecule has 2 rings (SSSR count). The van der Waals surface area contributed by atoms with Crippen molar-refractivity contribution < 1.29 is 0 Å². The van der Waals surface area contributed by atoms with Crippen molar-refractivity contribution in [1.29, 1.82) is 0 Å². The van der Waals surface area contributed by atoms with Gasteiger partial charge in [-0.2, -0.15) is 0 Å². The standard InChI is InChI=1S/C11H7BrClN/c12-10-6-2-1-4-8(10)9-5-3-7-14-11(9)13/h1-7H. The number of nitrogens with zero attached hydrogens (tertiary/aromatic N) is 1. The van der Waals surface area contributed by atoms with Crippen molar-refractivity contribution in [1.82, 2.24) is 4.98 Å². The molecule has 0 aliphatic heterocycles. The molecule has 1 aromatic carbocycles. The van der Waals surface area contributed by atoms with Gasteiger partial charge in [-0.1, -0.05) is 45.7 Å². The Labute approximate surface area is 95.9 Å². The van der Waals surface area contributed by atoms with Gasteiger partial charge >= 0.3 is 0 Å². The van der Waals surface area contributed by atoms with Crippen LogP contribution in [0.25, 0.3) is 11.1 Å². The van der Waals surface area contributed by atoms with Crippen LogP contribution in [0.3, 0.4) is 0 Å². The van der Waals surface area contributed by atoms with Crippen molar-refractivity contribution in [3.05, 3.63) is 52.2 Å². The molecule has 1 heterocycles. The molecule has 2 aromatic rings. The highest BCUT2D eigenvalue weighted by atomic mass is 79.9. The molecule has 0 saturated carbocycles. The average molecular weight is 269 g/mol. The van der Waals surface area contributed by atoms with Gasteiger partial charge in [0.05, 0.1) is 0 Å². The summed E-state index contributed by atoms with van der Waals surface area (Å²) in [6, 6.07) is 11.8.